The minimum atomic E-state index is 0.619. The van der Waals surface area contributed by atoms with E-state index >= 15 is 0 Å². The molecule has 0 saturated heterocycles. The second kappa shape index (κ2) is 4.97. The van der Waals surface area contributed by atoms with Crippen molar-refractivity contribution in [2.24, 2.45) is 5.92 Å². The molecule has 1 aliphatic carbocycles. The van der Waals surface area contributed by atoms with Crippen LogP contribution in [-0.2, 0) is 0 Å². The lowest BCUT2D eigenvalue weighted by molar-refractivity contribution is 0.361. The van der Waals surface area contributed by atoms with Crippen LogP contribution >= 0.6 is 0 Å². The van der Waals surface area contributed by atoms with Gasteiger partial charge in [0.15, 0.2) is 0 Å². The SMILES string of the molecule is CC1CCC(Nc2cccc3cccnc23)CC1. The summed E-state index contributed by atoms with van der Waals surface area (Å²) in [5.74, 6) is 0.897. The Hall–Kier alpha value is -1.57. The van der Waals surface area contributed by atoms with Gasteiger partial charge in [0.05, 0.1) is 11.2 Å². The molecule has 1 aromatic carbocycles. The summed E-state index contributed by atoms with van der Waals surface area (Å²) in [6.07, 6.45) is 7.12. The Morgan fingerprint density at radius 1 is 1.06 bits per heavy atom. The van der Waals surface area contributed by atoms with E-state index in [1.54, 1.807) is 0 Å². The molecule has 94 valence electrons. The zero-order chi connectivity index (χ0) is 12.4. The second-order valence-electron chi connectivity index (χ2n) is 5.48. The number of para-hydroxylation sites is 1. The van der Waals surface area contributed by atoms with E-state index < -0.39 is 0 Å². The summed E-state index contributed by atoms with van der Waals surface area (Å²) in [6.45, 7) is 2.36. The maximum Gasteiger partial charge on any atom is 0.0933 e. The minimum absolute atomic E-state index is 0.619. The first-order valence-corrected chi connectivity index (χ1v) is 6.93. The van der Waals surface area contributed by atoms with Crippen LogP contribution in [0.25, 0.3) is 10.9 Å². The first-order valence-electron chi connectivity index (χ1n) is 6.93. The highest BCUT2D eigenvalue weighted by molar-refractivity contribution is 5.90. The van der Waals surface area contributed by atoms with Crippen LogP contribution < -0.4 is 5.32 Å². The lowest BCUT2D eigenvalue weighted by Gasteiger charge is -2.28. The number of anilines is 1. The molecule has 1 saturated carbocycles. The van der Waals surface area contributed by atoms with Crippen molar-refractivity contribution < 1.29 is 0 Å². The smallest absolute Gasteiger partial charge is 0.0933 e. The number of nitrogens with one attached hydrogen (secondary N) is 1. The fraction of sp³-hybridized carbons (Fsp3) is 0.438. The van der Waals surface area contributed by atoms with Crippen LogP contribution in [0.1, 0.15) is 32.6 Å². The van der Waals surface area contributed by atoms with E-state index in [0.717, 1.165) is 11.4 Å². The predicted octanol–water partition coefficient (Wildman–Crippen LogP) is 4.23. The number of hydrogen-bond acceptors (Lipinski definition) is 2. The summed E-state index contributed by atoms with van der Waals surface area (Å²) in [6, 6.07) is 11.1. The van der Waals surface area contributed by atoms with Gasteiger partial charge in [-0.3, -0.25) is 4.98 Å². The third-order valence-electron chi connectivity index (χ3n) is 4.01. The van der Waals surface area contributed by atoms with Crippen molar-refractivity contribution in [2.45, 2.75) is 38.6 Å². The molecular formula is C16H20N2. The van der Waals surface area contributed by atoms with Gasteiger partial charge >= 0.3 is 0 Å². The Kier molecular flexibility index (Phi) is 3.18. The summed E-state index contributed by atoms with van der Waals surface area (Å²) >= 11 is 0. The van der Waals surface area contributed by atoms with Crippen molar-refractivity contribution >= 4 is 16.6 Å². The number of fused-ring (bicyclic) bond motifs is 1. The highest BCUT2D eigenvalue weighted by atomic mass is 14.9. The van der Waals surface area contributed by atoms with Gasteiger partial charge in [-0.2, -0.15) is 0 Å². The molecule has 0 bridgehead atoms. The van der Waals surface area contributed by atoms with E-state index in [-0.39, 0.29) is 0 Å². The molecule has 1 aliphatic rings. The van der Waals surface area contributed by atoms with Gasteiger partial charge < -0.3 is 5.32 Å². The van der Waals surface area contributed by atoms with Gasteiger partial charge in [-0.1, -0.05) is 25.1 Å². The van der Waals surface area contributed by atoms with Crippen LogP contribution in [0.2, 0.25) is 0 Å². The Bertz CT molecular complexity index is 522. The maximum atomic E-state index is 4.50. The largest absolute Gasteiger partial charge is 0.381 e. The van der Waals surface area contributed by atoms with Crippen LogP contribution in [-0.4, -0.2) is 11.0 Å². The van der Waals surface area contributed by atoms with Gasteiger partial charge in [0, 0.05) is 17.6 Å². The molecule has 2 heteroatoms. The monoisotopic (exact) mass is 240 g/mol. The Morgan fingerprint density at radius 2 is 1.83 bits per heavy atom. The van der Waals surface area contributed by atoms with Gasteiger partial charge in [0.25, 0.3) is 0 Å². The zero-order valence-electron chi connectivity index (χ0n) is 10.9. The van der Waals surface area contributed by atoms with E-state index in [4.69, 9.17) is 0 Å². The summed E-state index contributed by atoms with van der Waals surface area (Å²) < 4.78 is 0. The summed E-state index contributed by atoms with van der Waals surface area (Å²) in [5.41, 5.74) is 2.28. The molecule has 0 atom stereocenters. The van der Waals surface area contributed by atoms with Gasteiger partial charge in [-0.05, 0) is 43.7 Å². The van der Waals surface area contributed by atoms with E-state index in [0.29, 0.717) is 6.04 Å². The molecule has 0 aliphatic heterocycles. The Morgan fingerprint density at radius 3 is 2.67 bits per heavy atom. The molecule has 1 aromatic heterocycles. The second-order valence-corrected chi connectivity index (χ2v) is 5.48. The molecule has 0 unspecified atom stereocenters. The standard InChI is InChI=1S/C16H20N2/c1-12-7-9-14(10-8-12)18-15-6-2-4-13-5-3-11-17-16(13)15/h2-6,11-12,14,18H,7-10H2,1H3. The van der Waals surface area contributed by atoms with Crippen molar-refractivity contribution in [1.29, 1.82) is 0 Å². The third kappa shape index (κ3) is 2.33. The molecule has 2 nitrogen and oxygen atoms in total. The topological polar surface area (TPSA) is 24.9 Å². The van der Waals surface area contributed by atoms with Crippen molar-refractivity contribution in [2.75, 3.05) is 5.32 Å². The van der Waals surface area contributed by atoms with E-state index in [2.05, 4.69) is 41.5 Å². The van der Waals surface area contributed by atoms with Crippen molar-refractivity contribution in [3.8, 4) is 0 Å². The Balaban J connectivity index is 1.82. The molecule has 1 N–H and O–H groups in total. The lowest BCUT2D eigenvalue weighted by Crippen LogP contribution is -2.25. The first-order chi connectivity index (χ1) is 8.83. The minimum Gasteiger partial charge on any atom is -0.381 e. The molecule has 3 rings (SSSR count). The molecule has 0 radical (unpaired) electrons. The van der Waals surface area contributed by atoms with Crippen molar-refractivity contribution in [3.63, 3.8) is 0 Å². The van der Waals surface area contributed by atoms with Crippen molar-refractivity contribution in [1.82, 2.24) is 4.98 Å². The predicted molar refractivity (Wildman–Crippen MR) is 76.8 cm³/mol. The molecule has 2 aromatic rings. The van der Waals surface area contributed by atoms with Crippen LogP contribution in [0.5, 0.6) is 0 Å². The van der Waals surface area contributed by atoms with Crippen LogP contribution in [0.4, 0.5) is 5.69 Å². The van der Waals surface area contributed by atoms with Crippen LogP contribution in [0.15, 0.2) is 36.5 Å². The average molecular weight is 240 g/mol. The molecule has 18 heavy (non-hydrogen) atoms. The first kappa shape index (κ1) is 11.5. The Labute approximate surface area is 108 Å². The number of benzene rings is 1. The summed E-state index contributed by atoms with van der Waals surface area (Å²) in [5, 5.41) is 4.90. The average Bonchev–Trinajstić information content (AvgIpc) is 2.42. The summed E-state index contributed by atoms with van der Waals surface area (Å²) in [4.78, 5) is 4.50. The van der Waals surface area contributed by atoms with Gasteiger partial charge in [-0.25, -0.2) is 0 Å². The number of nitrogens with zero attached hydrogens (tertiary/aromatic N) is 1. The normalized spacial score (nSPS) is 24.1. The highest BCUT2D eigenvalue weighted by Gasteiger charge is 2.18. The quantitative estimate of drug-likeness (QED) is 0.850. The maximum absolute atomic E-state index is 4.50. The number of pyridine rings is 1. The highest BCUT2D eigenvalue weighted by Crippen LogP contribution is 2.28. The van der Waals surface area contributed by atoms with Gasteiger partial charge in [0.2, 0.25) is 0 Å². The van der Waals surface area contributed by atoms with Crippen LogP contribution in [0, 0.1) is 5.92 Å². The zero-order valence-corrected chi connectivity index (χ0v) is 10.9. The third-order valence-corrected chi connectivity index (χ3v) is 4.01. The van der Waals surface area contributed by atoms with E-state index in [1.165, 1.54) is 36.8 Å². The lowest BCUT2D eigenvalue weighted by atomic mass is 9.87. The van der Waals surface area contributed by atoms with Gasteiger partial charge in [-0.15, -0.1) is 0 Å². The molecule has 0 spiro atoms. The molecule has 1 fully saturated rings. The fourth-order valence-corrected chi connectivity index (χ4v) is 2.85. The van der Waals surface area contributed by atoms with Gasteiger partial charge in [0.1, 0.15) is 0 Å². The molecule has 1 heterocycles. The van der Waals surface area contributed by atoms with Crippen LogP contribution in [0.3, 0.4) is 0 Å². The summed E-state index contributed by atoms with van der Waals surface area (Å²) in [7, 11) is 0. The van der Waals surface area contributed by atoms with Crippen molar-refractivity contribution in [3.05, 3.63) is 36.5 Å². The number of hydrogen-bond donors (Lipinski definition) is 1. The van der Waals surface area contributed by atoms with E-state index in [9.17, 15) is 0 Å². The molecule has 0 amide bonds. The number of aromatic nitrogens is 1. The fourth-order valence-electron chi connectivity index (χ4n) is 2.85. The molecular weight excluding hydrogens is 220 g/mol. The van der Waals surface area contributed by atoms with E-state index in [1.807, 2.05) is 12.3 Å². The number of rotatable bonds is 2.